The smallest absolute Gasteiger partial charge is 0.319 e. The highest BCUT2D eigenvalue weighted by Gasteiger charge is 2.22. The molecule has 2 aliphatic rings. The van der Waals surface area contributed by atoms with Crippen molar-refractivity contribution in [3.05, 3.63) is 23.8 Å². The molecule has 2 aliphatic heterocycles. The van der Waals surface area contributed by atoms with Crippen molar-refractivity contribution in [2.75, 3.05) is 47.1 Å². The molecule has 1 saturated heterocycles. The minimum Gasteiger partial charge on any atom is -0.454 e. The van der Waals surface area contributed by atoms with Crippen molar-refractivity contribution in [2.24, 2.45) is 0 Å². The van der Waals surface area contributed by atoms with Gasteiger partial charge in [0.2, 0.25) is 6.79 Å². The van der Waals surface area contributed by atoms with Crippen LogP contribution in [0, 0.1) is 0 Å². The Morgan fingerprint density at radius 3 is 2.57 bits per heavy atom. The maximum absolute atomic E-state index is 11.9. The lowest BCUT2D eigenvalue weighted by atomic mass is 10.1. The Balaban J connectivity index is 1.55. The van der Waals surface area contributed by atoms with Crippen LogP contribution >= 0.6 is 0 Å². The van der Waals surface area contributed by atoms with Crippen LogP contribution in [0.5, 0.6) is 11.5 Å². The molecule has 3 rings (SSSR count). The molecule has 21 heavy (non-hydrogen) atoms. The largest absolute Gasteiger partial charge is 0.454 e. The van der Waals surface area contributed by atoms with E-state index in [1.54, 1.807) is 19.0 Å². The molecular formula is C15H21N3O3. The quantitative estimate of drug-likeness (QED) is 0.822. The van der Waals surface area contributed by atoms with Crippen LogP contribution in [0.3, 0.4) is 0 Å². The van der Waals surface area contributed by atoms with E-state index in [-0.39, 0.29) is 6.03 Å². The average Bonchev–Trinajstić information content (AvgIpc) is 2.95. The van der Waals surface area contributed by atoms with E-state index >= 15 is 0 Å². The summed E-state index contributed by atoms with van der Waals surface area (Å²) in [5.41, 5.74) is 1.21. The van der Waals surface area contributed by atoms with E-state index in [1.807, 2.05) is 17.0 Å². The summed E-state index contributed by atoms with van der Waals surface area (Å²) in [6.07, 6.45) is 0. The van der Waals surface area contributed by atoms with Crippen molar-refractivity contribution < 1.29 is 14.3 Å². The molecule has 1 fully saturated rings. The Morgan fingerprint density at radius 1 is 1.14 bits per heavy atom. The van der Waals surface area contributed by atoms with Gasteiger partial charge in [-0.1, -0.05) is 6.07 Å². The molecule has 6 nitrogen and oxygen atoms in total. The number of rotatable bonds is 2. The van der Waals surface area contributed by atoms with E-state index in [9.17, 15) is 4.79 Å². The summed E-state index contributed by atoms with van der Waals surface area (Å²) in [6.45, 7) is 4.54. The zero-order valence-electron chi connectivity index (χ0n) is 12.5. The highest BCUT2D eigenvalue weighted by molar-refractivity contribution is 5.73. The van der Waals surface area contributed by atoms with E-state index in [0.29, 0.717) is 6.79 Å². The van der Waals surface area contributed by atoms with Gasteiger partial charge in [-0.25, -0.2) is 4.79 Å². The molecule has 0 atom stereocenters. The summed E-state index contributed by atoms with van der Waals surface area (Å²) in [5.74, 6) is 1.65. The SMILES string of the molecule is CN(C)C(=O)N1CCN(Cc2ccc3c(c2)OCO3)CC1. The first kappa shape index (κ1) is 14.0. The van der Waals surface area contributed by atoms with Crippen LogP contribution in [0.1, 0.15) is 5.56 Å². The monoisotopic (exact) mass is 291 g/mol. The van der Waals surface area contributed by atoms with Gasteiger partial charge in [0.1, 0.15) is 0 Å². The number of hydrogen-bond donors (Lipinski definition) is 0. The zero-order valence-corrected chi connectivity index (χ0v) is 12.5. The fraction of sp³-hybridized carbons (Fsp3) is 0.533. The molecule has 114 valence electrons. The Labute approximate surface area is 124 Å². The van der Waals surface area contributed by atoms with Crippen LogP contribution in [-0.4, -0.2) is 67.8 Å². The van der Waals surface area contributed by atoms with E-state index in [0.717, 1.165) is 44.2 Å². The van der Waals surface area contributed by atoms with E-state index in [2.05, 4.69) is 11.0 Å². The third kappa shape index (κ3) is 3.05. The summed E-state index contributed by atoms with van der Waals surface area (Å²) in [7, 11) is 3.59. The van der Waals surface area contributed by atoms with Crippen LogP contribution < -0.4 is 9.47 Å². The molecule has 1 aromatic carbocycles. The van der Waals surface area contributed by atoms with Crippen molar-refractivity contribution in [3.8, 4) is 11.5 Å². The number of urea groups is 1. The molecule has 0 aromatic heterocycles. The molecule has 0 unspecified atom stereocenters. The van der Waals surface area contributed by atoms with Gasteiger partial charge in [-0.05, 0) is 17.7 Å². The Bertz CT molecular complexity index is 525. The molecule has 0 spiro atoms. The summed E-state index contributed by atoms with van der Waals surface area (Å²) in [6, 6.07) is 6.17. The summed E-state index contributed by atoms with van der Waals surface area (Å²) in [5, 5.41) is 0. The van der Waals surface area contributed by atoms with Crippen molar-refractivity contribution in [1.29, 1.82) is 0 Å². The van der Waals surface area contributed by atoms with Gasteiger partial charge in [0.05, 0.1) is 0 Å². The van der Waals surface area contributed by atoms with Crippen LogP contribution in [0.4, 0.5) is 4.79 Å². The minimum atomic E-state index is 0.0951. The van der Waals surface area contributed by atoms with Gasteiger partial charge in [-0.2, -0.15) is 0 Å². The molecule has 0 aliphatic carbocycles. The summed E-state index contributed by atoms with van der Waals surface area (Å²) in [4.78, 5) is 17.8. The lowest BCUT2D eigenvalue weighted by Crippen LogP contribution is -2.51. The second kappa shape index (κ2) is 5.81. The lowest BCUT2D eigenvalue weighted by Gasteiger charge is -2.35. The Morgan fingerprint density at radius 2 is 1.86 bits per heavy atom. The molecule has 0 bridgehead atoms. The van der Waals surface area contributed by atoms with Crippen LogP contribution in [-0.2, 0) is 6.54 Å². The molecule has 0 N–H and O–H groups in total. The molecular weight excluding hydrogens is 270 g/mol. The molecule has 6 heteroatoms. The van der Waals surface area contributed by atoms with Gasteiger partial charge in [0.25, 0.3) is 0 Å². The summed E-state index contributed by atoms with van der Waals surface area (Å²) < 4.78 is 10.7. The van der Waals surface area contributed by atoms with E-state index in [1.165, 1.54) is 5.56 Å². The first-order valence-corrected chi connectivity index (χ1v) is 7.20. The van der Waals surface area contributed by atoms with Gasteiger partial charge >= 0.3 is 6.03 Å². The lowest BCUT2D eigenvalue weighted by molar-refractivity contribution is 0.120. The van der Waals surface area contributed by atoms with Crippen LogP contribution in [0.25, 0.3) is 0 Å². The topological polar surface area (TPSA) is 45.3 Å². The number of hydrogen-bond acceptors (Lipinski definition) is 4. The predicted octanol–water partition coefficient (Wildman–Crippen LogP) is 1.21. The standard InChI is InChI=1S/C15H21N3O3/c1-16(2)15(19)18-7-5-17(6-8-18)10-12-3-4-13-14(9-12)21-11-20-13/h3-4,9H,5-8,10-11H2,1-2H3. The zero-order chi connectivity index (χ0) is 14.8. The van der Waals surface area contributed by atoms with Gasteiger partial charge in [-0.3, -0.25) is 4.90 Å². The number of piperazine rings is 1. The Kier molecular flexibility index (Phi) is 3.88. The van der Waals surface area contributed by atoms with Crippen molar-refractivity contribution in [1.82, 2.24) is 14.7 Å². The number of fused-ring (bicyclic) bond motifs is 1. The number of benzene rings is 1. The molecule has 0 saturated carbocycles. The van der Waals surface area contributed by atoms with Gasteiger partial charge < -0.3 is 19.3 Å². The minimum absolute atomic E-state index is 0.0951. The average molecular weight is 291 g/mol. The number of amides is 2. The highest BCUT2D eigenvalue weighted by atomic mass is 16.7. The fourth-order valence-corrected chi connectivity index (χ4v) is 2.68. The number of carbonyl (C=O) groups is 1. The third-order valence-corrected chi connectivity index (χ3v) is 3.87. The highest BCUT2D eigenvalue weighted by Crippen LogP contribution is 2.32. The first-order valence-electron chi connectivity index (χ1n) is 7.20. The van der Waals surface area contributed by atoms with Crippen molar-refractivity contribution in [3.63, 3.8) is 0 Å². The summed E-state index contributed by atoms with van der Waals surface area (Å²) >= 11 is 0. The molecule has 0 radical (unpaired) electrons. The normalized spacial score (nSPS) is 17.9. The fourth-order valence-electron chi connectivity index (χ4n) is 2.68. The van der Waals surface area contributed by atoms with Crippen molar-refractivity contribution >= 4 is 6.03 Å². The van der Waals surface area contributed by atoms with Crippen LogP contribution in [0.2, 0.25) is 0 Å². The van der Waals surface area contributed by atoms with Crippen molar-refractivity contribution in [2.45, 2.75) is 6.54 Å². The maximum Gasteiger partial charge on any atom is 0.319 e. The second-order valence-corrected chi connectivity index (χ2v) is 5.63. The maximum atomic E-state index is 11.9. The predicted molar refractivity (Wildman–Crippen MR) is 78.5 cm³/mol. The first-order chi connectivity index (χ1) is 10.1. The third-order valence-electron chi connectivity index (χ3n) is 3.87. The second-order valence-electron chi connectivity index (χ2n) is 5.63. The molecule has 1 aromatic rings. The Hall–Kier alpha value is -1.95. The number of ether oxygens (including phenoxy) is 2. The van der Waals surface area contributed by atoms with Gasteiger partial charge in [0, 0.05) is 46.8 Å². The molecule has 2 amide bonds. The van der Waals surface area contributed by atoms with Crippen LogP contribution in [0.15, 0.2) is 18.2 Å². The van der Waals surface area contributed by atoms with E-state index < -0.39 is 0 Å². The van der Waals surface area contributed by atoms with Gasteiger partial charge in [-0.15, -0.1) is 0 Å². The van der Waals surface area contributed by atoms with Gasteiger partial charge in [0.15, 0.2) is 11.5 Å². The number of nitrogens with zero attached hydrogens (tertiary/aromatic N) is 3. The molecule has 2 heterocycles. The van der Waals surface area contributed by atoms with E-state index in [4.69, 9.17) is 9.47 Å². The number of carbonyl (C=O) groups excluding carboxylic acids is 1.